The Labute approximate surface area is 112 Å². The Morgan fingerprint density at radius 3 is 2.63 bits per heavy atom. The molecule has 0 aliphatic carbocycles. The van der Waals surface area contributed by atoms with Gasteiger partial charge in [0, 0.05) is 12.6 Å². The fourth-order valence-electron chi connectivity index (χ4n) is 1.58. The van der Waals surface area contributed by atoms with Crippen molar-refractivity contribution in [1.82, 2.24) is 4.98 Å². The fourth-order valence-corrected chi connectivity index (χ4v) is 1.58. The van der Waals surface area contributed by atoms with Crippen molar-refractivity contribution in [1.29, 1.82) is 0 Å². The van der Waals surface area contributed by atoms with Crippen LogP contribution >= 0.6 is 0 Å². The topological polar surface area (TPSA) is 100 Å². The molecule has 106 valence electrons. The van der Waals surface area contributed by atoms with E-state index in [2.05, 4.69) is 15.6 Å². The lowest BCUT2D eigenvalue weighted by Crippen LogP contribution is -2.30. The van der Waals surface area contributed by atoms with Crippen LogP contribution in [0.1, 0.15) is 20.8 Å². The number of hydrogen-bond donors (Lipinski definition) is 3. The summed E-state index contributed by atoms with van der Waals surface area (Å²) in [7, 11) is 0. The summed E-state index contributed by atoms with van der Waals surface area (Å²) in [5.74, 6) is 0.876. The van der Waals surface area contributed by atoms with Crippen LogP contribution in [0.15, 0.2) is 12.1 Å². The monoisotopic (exact) mass is 268 g/mol. The number of aliphatic hydroxyl groups is 1. The molecular weight excluding hydrogens is 248 g/mol. The maximum Gasteiger partial charge on any atom is 0.311 e. The van der Waals surface area contributed by atoms with Crippen LogP contribution in [-0.2, 0) is 0 Å². The van der Waals surface area contributed by atoms with Crippen molar-refractivity contribution < 1.29 is 10.0 Å². The van der Waals surface area contributed by atoms with Gasteiger partial charge in [0.05, 0.1) is 17.6 Å². The third-order valence-corrected chi connectivity index (χ3v) is 2.75. The van der Waals surface area contributed by atoms with Crippen molar-refractivity contribution in [2.45, 2.75) is 26.8 Å². The van der Waals surface area contributed by atoms with E-state index in [1.165, 1.54) is 6.07 Å². The molecule has 1 heterocycles. The summed E-state index contributed by atoms with van der Waals surface area (Å²) in [5.41, 5.74) is -0.0965. The minimum absolute atomic E-state index is 0.0965. The second-order valence-corrected chi connectivity index (χ2v) is 4.53. The first-order valence-corrected chi connectivity index (χ1v) is 6.26. The van der Waals surface area contributed by atoms with Crippen molar-refractivity contribution in [2.24, 2.45) is 5.92 Å². The number of nitro groups is 1. The molecule has 0 bridgehead atoms. The lowest BCUT2D eigenvalue weighted by Gasteiger charge is -2.20. The molecule has 1 rings (SSSR count). The Morgan fingerprint density at radius 1 is 1.47 bits per heavy atom. The van der Waals surface area contributed by atoms with Crippen LogP contribution in [0, 0.1) is 16.0 Å². The smallest absolute Gasteiger partial charge is 0.311 e. The van der Waals surface area contributed by atoms with Gasteiger partial charge in [-0.15, -0.1) is 0 Å². The number of aromatic nitrogens is 1. The van der Waals surface area contributed by atoms with Crippen LogP contribution in [-0.4, -0.2) is 34.2 Å². The summed E-state index contributed by atoms with van der Waals surface area (Å²) in [6, 6.07) is 2.70. The van der Waals surface area contributed by atoms with Gasteiger partial charge in [-0.2, -0.15) is 0 Å². The highest BCUT2D eigenvalue weighted by molar-refractivity contribution is 5.60. The van der Waals surface area contributed by atoms with E-state index < -0.39 is 4.92 Å². The zero-order valence-electron chi connectivity index (χ0n) is 11.4. The van der Waals surface area contributed by atoms with E-state index in [1.54, 1.807) is 6.07 Å². The quantitative estimate of drug-likeness (QED) is 0.515. The molecule has 1 atom stereocenters. The summed E-state index contributed by atoms with van der Waals surface area (Å²) in [5, 5.41) is 26.2. The summed E-state index contributed by atoms with van der Waals surface area (Å²) in [6.45, 7) is 6.34. The van der Waals surface area contributed by atoms with E-state index in [-0.39, 0.29) is 30.1 Å². The Bertz CT molecular complexity index is 437. The van der Waals surface area contributed by atoms with Gasteiger partial charge < -0.3 is 15.7 Å². The van der Waals surface area contributed by atoms with Crippen molar-refractivity contribution >= 4 is 17.3 Å². The molecule has 0 aliphatic heterocycles. The van der Waals surface area contributed by atoms with E-state index in [4.69, 9.17) is 0 Å². The highest BCUT2D eigenvalue weighted by Crippen LogP contribution is 2.25. The standard InChI is InChI=1S/C12H20N4O3/c1-4-13-11-6-5-10(16(18)19)12(15-11)14-9(7-17)8(2)3/h5-6,8-9,17H,4,7H2,1-3H3,(H2,13,14,15)/t9-/m1/s1. The van der Waals surface area contributed by atoms with Gasteiger partial charge in [-0.3, -0.25) is 10.1 Å². The number of pyridine rings is 1. The van der Waals surface area contributed by atoms with Crippen LogP contribution < -0.4 is 10.6 Å². The summed E-state index contributed by atoms with van der Waals surface area (Å²) in [6.07, 6.45) is 0. The van der Waals surface area contributed by atoms with E-state index >= 15 is 0 Å². The zero-order valence-corrected chi connectivity index (χ0v) is 11.4. The molecule has 0 amide bonds. The van der Waals surface area contributed by atoms with E-state index in [0.717, 1.165) is 0 Å². The molecule has 0 fully saturated rings. The maximum atomic E-state index is 11.0. The molecule has 7 heteroatoms. The predicted octanol–water partition coefficient (Wildman–Crippen LogP) is 1.85. The molecule has 0 aliphatic rings. The Kier molecular flexibility index (Phi) is 5.50. The van der Waals surface area contributed by atoms with E-state index in [0.29, 0.717) is 12.4 Å². The third-order valence-electron chi connectivity index (χ3n) is 2.75. The average Bonchev–Trinajstić information content (AvgIpc) is 2.35. The lowest BCUT2D eigenvalue weighted by atomic mass is 10.1. The minimum atomic E-state index is -0.486. The van der Waals surface area contributed by atoms with Gasteiger partial charge in [-0.1, -0.05) is 13.8 Å². The highest BCUT2D eigenvalue weighted by Gasteiger charge is 2.20. The first-order chi connectivity index (χ1) is 8.99. The summed E-state index contributed by atoms with van der Waals surface area (Å²) in [4.78, 5) is 14.7. The number of rotatable bonds is 7. The number of hydrogen-bond acceptors (Lipinski definition) is 6. The van der Waals surface area contributed by atoms with Crippen molar-refractivity contribution in [3.8, 4) is 0 Å². The van der Waals surface area contributed by atoms with Crippen molar-refractivity contribution in [2.75, 3.05) is 23.8 Å². The SMILES string of the molecule is CCNc1ccc([N+](=O)[O-])c(N[C@H](CO)C(C)C)n1. The lowest BCUT2D eigenvalue weighted by molar-refractivity contribution is -0.384. The van der Waals surface area contributed by atoms with Crippen molar-refractivity contribution in [3.63, 3.8) is 0 Å². The van der Waals surface area contributed by atoms with E-state index in [9.17, 15) is 15.2 Å². The molecule has 3 N–H and O–H groups in total. The molecule has 0 saturated carbocycles. The largest absolute Gasteiger partial charge is 0.394 e. The molecule has 0 aromatic carbocycles. The van der Waals surface area contributed by atoms with Gasteiger partial charge in [0.1, 0.15) is 5.82 Å². The number of aliphatic hydroxyl groups excluding tert-OH is 1. The van der Waals surface area contributed by atoms with Gasteiger partial charge in [0.15, 0.2) is 0 Å². The van der Waals surface area contributed by atoms with Gasteiger partial charge in [0.25, 0.3) is 0 Å². The Morgan fingerprint density at radius 2 is 2.16 bits per heavy atom. The molecular formula is C12H20N4O3. The van der Waals surface area contributed by atoms with Gasteiger partial charge in [0.2, 0.25) is 5.82 Å². The van der Waals surface area contributed by atoms with Crippen LogP contribution in [0.5, 0.6) is 0 Å². The molecule has 0 radical (unpaired) electrons. The molecule has 0 spiro atoms. The Hall–Kier alpha value is -1.89. The normalized spacial score (nSPS) is 12.3. The molecule has 7 nitrogen and oxygen atoms in total. The number of anilines is 2. The molecule has 1 aromatic rings. The van der Waals surface area contributed by atoms with Crippen LogP contribution in [0.4, 0.5) is 17.3 Å². The minimum Gasteiger partial charge on any atom is -0.394 e. The van der Waals surface area contributed by atoms with Crippen molar-refractivity contribution in [3.05, 3.63) is 22.2 Å². The van der Waals surface area contributed by atoms with Crippen LogP contribution in [0.2, 0.25) is 0 Å². The first-order valence-electron chi connectivity index (χ1n) is 6.26. The number of nitrogens with one attached hydrogen (secondary N) is 2. The summed E-state index contributed by atoms with van der Waals surface area (Å²) < 4.78 is 0. The average molecular weight is 268 g/mol. The van der Waals surface area contributed by atoms with Gasteiger partial charge in [-0.05, 0) is 18.9 Å². The summed E-state index contributed by atoms with van der Waals surface area (Å²) >= 11 is 0. The van der Waals surface area contributed by atoms with Gasteiger partial charge >= 0.3 is 5.69 Å². The molecule has 1 aromatic heterocycles. The third kappa shape index (κ3) is 4.06. The highest BCUT2D eigenvalue weighted by atomic mass is 16.6. The van der Waals surface area contributed by atoms with Gasteiger partial charge in [-0.25, -0.2) is 4.98 Å². The molecule has 0 unspecified atom stereocenters. The van der Waals surface area contributed by atoms with Crippen LogP contribution in [0.25, 0.3) is 0 Å². The zero-order chi connectivity index (χ0) is 14.4. The second kappa shape index (κ2) is 6.89. The second-order valence-electron chi connectivity index (χ2n) is 4.53. The maximum absolute atomic E-state index is 11.0. The number of nitrogens with zero attached hydrogens (tertiary/aromatic N) is 2. The van der Waals surface area contributed by atoms with E-state index in [1.807, 2.05) is 20.8 Å². The molecule has 0 saturated heterocycles. The Balaban J connectivity index is 3.06. The van der Waals surface area contributed by atoms with Crippen LogP contribution in [0.3, 0.4) is 0 Å². The molecule has 19 heavy (non-hydrogen) atoms. The fraction of sp³-hybridized carbons (Fsp3) is 0.583. The predicted molar refractivity (Wildman–Crippen MR) is 74.4 cm³/mol. The first kappa shape index (κ1) is 15.2.